The summed E-state index contributed by atoms with van der Waals surface area (Å²) in [6, 6.07) is 0. The van der Waals surface area contributed by atoms with Crippen molar-refractivity contribution in [3.63, 3.8) is 0 Å². The minimum Gasteiger partial charge on any atom is -0.502 e. The van der Waals surface area contributed by atoms with Crippen LogP contribution in [0.4, 0.5) is 0 Å². The van der Waals surface area contributed by atoms with Gasteiger partial charge in [0, 0.05) is 0 Å². The van der Waals surface area contributed by atoms with Crippen molar-refractivity contribution in [1.29, 1.82) is 0 Å². The van der Waals surface area contributed by atoms with Crippen molar-refractivity contribution in [3.8, 4) is 0 Å². The van der Waals surface area contributed by atoms with Crippen molar-refractivity contribution in [2.24, 2.45) is 0 Å². The Morgan fingerprint density at radius 1 is 1.31 bits per heavy atom. The number of unbranched alkanes of at least 4 members (excludes halogenated alkanes) is 3. The molecular weight excluding hydrogens is 168 g/mol. The lowest BCUT2D eigenvalue weighted by molar-refractivity contribution is -0.135. The lowest BCUT2D eigenvalue weighted by atomic mass is 10.2. The summed E-state index contributed by atoms with van der Waals surface area (Å²) in [7, 11) is 0. The van der Waals surface area contributed by atoms with Gasteiger partial charge in [-0.1, -0.05) is 31.9 Å². The number of rotatable bonds is 6. The zero-order valence-electron chi connectivity index (χ0n) is 7.86. The van der Waals surface area contributed by atoms with Crippen molar-refractivity contribution >= 4 is 5.97 Å². The standard InChI is InChI=1S/C10H16O3/c1-2-3-4-5-6-7-8-9(11)10(12)13/h6-8,11H,2-5H2,1H3,(H,12,13). The summed E-state index contributed by atoms with van der Waals surface area (Å²) in [6.07, 6.45) is 9.00. The summed E-state index contributed by atoms with van der Waals surface area (Å²) >= 11 is 0. The Balaban J connectivity index is 3.62. The van der Waals surface area contributed by atoms with E-state index in [4.69, 9.17) is 10.2 Å². The fourth-order valence-electron chi connectivity index (χ4n) is 0.839. The molecule has 0 rings (SSSR count). The lowest BCUT2D eigenvalue weighted by Gasteiger charge is -1.90. The number of hydrogen-bond donors (Lipinski definition) is 2. The van der Waals surface area contributed by atoms with E-state index in [1.165, 1.54) is 18.9 Å². The highest BCUT2D eigenvalue weighted by molar-refractivity contribution is 5.83. The van der Waals surface area contributed by atoms with E-state index in [1.807, 2.05) is 6.08 Å². The van der Waals surface area contributed by atoms with E-state index in [2.05, 4.69) is 6.92 Å². The summed E-state index contributed by atoms with van der Waals surface area (Å²) in [5.74, 6) is -1.91. The van der Waals surface area contributed by atoms with Gasteiger partial charge in [0.05, 0.1) is 0 Å². The second-order valence-corrected chi connectivity index (χ2v) is 2.78. The maximum absolute atomic E-state index is 10.1. The molecular formula is C10H16O3. The molecule has 13 heavy (non-hydrogen) atoms. The van der Waals surface area contributed by atoms with Gasteiger partial charge in [0.2, 0.25) is 5.76 Å². The van der Waals surface area contributed by atoms with Gasteiger partial charge in [-0.15, -0.1) is 0 Å². The number of allylic oxidation sites excluding steroid dienone is 3. The number of carboxylic acid groups (broad SMARTS) is 1. The summed E-state index contributed by atoms with van der Waals surface area (Å²) in [6.45, 7) is 2.12. The third-order valence-electron chi connectivity index (χ3n) is 1.58. The molecule has 0 bridgehead atoms. The van der Waals surface area contributed by atoms with Crippen molar-refractivity contribution < 1.29 is 15.0 Å². The maximum atomic E-state index is 10.1. The molecule has 3 nitrogen and oxygen atoms in total. The summed E-state index contributed by atoms with van der Waals surface area (Å²) in [5, 5.41) is 17.0. The van der Waals surface area contributed by atoms with Crippen LogP contribution in [0.2, 0.25) is 0 Å². The van der Waals surface area contributed by atoms with Crippen molar-refractivity contribution in [2.45, 2.75) is 32.6 Å². The molecule has 0 aliphatic carbocycles. The monoisotopic (exact) mass is 184 g/mol. The predicted molar refractivity (Wildman–Crippen MR) is 51.6 cm³/mol. The number of aliphatic hydroxyl groups excluding tert-OH is 1. The Kier molecular flexibility index (Phi) is 6.69. The van der Waals surface area contributed by atoms with E-state index < -0.39 is 11.7 Å². The lowest BCUT2D eigenvalue weighted by Crippen LogP contribution is -1.97. The van der Waals surface area contributed by atoms with E-state index in [-0.39, 0.29) is 0 Å². The van der Waals surface area contributed by atoms with Crippen molar-refractivity contribution in [2.75, 3.05) is 0 Å². The zero-order valence-corrected chi connectivity index (χ0v) is 7.86. The molecule has 0 amide bonds. The number of aliphatic carboxylic acids is 1. The van der Waals surface area contributed by atoms with Crippen LogP contribution in [0.25, 0.3) is 0 Å². The number of hydrogen-bond acceptors (Lipinski definition) is 2. The molecule has 3 heteroatoms. The van der Waals surface area contributed by atoms with E-state index in [0.29, 0.717) is 0 Å². The van der Waals surface area contributed by atoms with Gasteiger partial charge < -0.3 is 10.2 Å². The van der Waals surface area contributed by atoms with Crippen LogP contribution in [0.5, 0.6) is 0 Å². The highest BCUT2D eigenvalue weighted by Crippen LogP contribution is 2.00. The molecule has 0 spiro atoms. The third-order valence-corrected chi connectivity index (χ3v) is 1.58. The van der Waals surface area contributed by atoms with Gasteiger partial charge in [0.15, 0.2) is 0 Å². The molecule has 0 aromatic carbocycles. The minimum atomic E-state index is -1.29. The first kappa shape index (κ1) is 11.8. The van der Waals surface area contributed by atoms with Crippen LogP contribution in [0.1, 0.15) is 32.6 Å². The van der Waals surface area contributed by atoms with Gasteiger partial charge in [-0.05, 0) is 18.9 Å². The molecule has 0 aliphatic rings. The van der Waals surface area contributed by atoms with Gasteiger partial charge in [0.25, 0.3) is 0 Å². The van der Waals surface area contributed by atoms with E-state index in [0.717, 1.165) is 12.8 Å². The Morgan fingerprint density at radius 3 is 2.54 bits per heavy atom. The molecule has 0 saturated heterocycles. The maximum Gasteiger partial charge on any atom is 0.370 e. The van der Waals surface area contributed by atoms with Crippen LogP contribution in [0.15, 0.2) is 24.0 Å². The highest BCUT2D eigenvalue weighted by atomic mass is 16.4. The van der Waals surface area contributed by atoms with Crippen LogP contribution in [0.3, 0.4) is 0 Å². The molecule has 0 atom stereocenters. The van der Waals surface area contributed by atoms with Gasteiger partial charge in [-0.25, -0.2) is 4.79 Å². The zero-order chi connectivity index (χ0) is 10.1. The molecule has 0 unspecified atom stereocenters. The Hall–Kier alpha value is -1.25. The normalized spacial score (nSPS) is 12.2. The topological polar surface area (TPSA) is 57.5 Å². The summed E-state index contributed by atoms with van der Waals surface area (Å²) in [4.78, 5) is 10.1. The van der Waals surface area contributed by atoms with Crippen LogP contribution < -0.4 is 0 Å². The van der Waals surface area contributed by atoms with Gasteiger partial charge in [0.1, 0.15) is 0 Å². The second-order valence-electron chi connectivity index (χ2n) is 2.78. The molecule has 0 radical (unpaired) electrons. The molecule has 2 N–H and O–H groups in total. The molecule has 0 aliphatic heterocycles. The average molecular weight is 184 g/mol. The van der Waals surface area contributed by atoms with Crippen LogP contribution in [0, 0.1) is 0 Å². The third kappa shape index (κ3) is 7.12. The van der Waals surface area contributed by atoms with Crippen LogP contribution in [-0.4, -0.2) is 16.2 Å². The number of aliphatic hydroxyl groups is 1. The number of carbonyl (C=O) groups is 1. The van der Waals surface area contributed by atoms with Crippen LogP contribution in [-0.2, 0) is 4.79 Å². The fourth-order valence-corrected chi connectivity index (χ4v) is 0.839. The van der Waals surface area contributed by atoms with Gasteiger partial charge >= 0.3 is 5.97 Å². The average Bonchev–Trinajstić information content (AvgIpc) is 2.10. The van der Waals surface area contributed by atoms with Crippen molar-refractivity contribution in [1.82, 2.24) is 0 Å². The highest BCUT2D eigenvalue weighted by Gasteiger charge is 1.99. The van der Waals surface area contributed by atoms with Crippen LogP contribution >= 0.6 is 0 Å². The Bertz CT molecular complexity index is 204. The predicted octanol–water partition coefficient (Wildman–Crippen LogP) is 2.65. The first-order chi connectivity index (χ1) is 6.18. The van der Waals surface area contributed by atoms with E-state index in [1.54, 1.807) is 6.08 Å². The molecule has 0 fully saturated rings. The smallest absolute Gasteiger partial charge is 0.370 e. The van der Waals surface area contributed by atoms with Gasteiger partial charge in [-0.2, -0.15) is 0 Å². The minimum absolute atomic E-state index is 0.619. The largest absolute Gasteiger partial charge is 0.502 e. The van der Waals surface area contributed by atoms with Gasteiger partial charge in [-0.3, -0.25) is 0 Å². The number of carboxylic acids is 1. The van der Waals surface area contributed by atoms with E-state index >= 15 is 0 Å². The first-order valence-corrected chi connectivity index (χ1v) is 4.47. The molecule has 0 aromatic rings. The molecule has 74 valence electrons. The Morgan fingerprint density at radius 2 is 2.00 bits per heavy atom. The molecule has 0 heterocycles. The molecule has 0 saturated carbocycles. The second kappa shape index (κ2) is 7.40. The SMILES string of the molecule is CCCCCC=CC=C(O)C(=O)O. The summed E-state index contributed by atoms with van der Waals surface area (Å²) < 4.78 is 0. The van der Waals surface area contributed by atoms with Crippen molar-refractivity contribution in [3.05, 3.63) is 24.0 Å². The quantitative estimate of drug-likeness (QED) is 0.289. The summed E-state index contributed by atoms with van der Waals surface area (Å²) in [5.41, 5.74) is 0. The molecule has 0 aromatic heterocycles. The Labute approximate surface area is 78.4 Å². The fraction of sp³-hybridized carbons (Fsp3) is 0.500. The first-order valence-electron chi connectivity index (χ1n) is 4.47. The van der Waals surface area contributed by atoms with E-state index in [9.17, 15) is 4.79 Å².